The minimum absolute atomic E-state index is 0.00334. The molecule has 0 unspecified atom stereocenters. The zero-order chi connectivity index (χ0) is 18.2. The molecule has 0 bridgehead atoms. The quantitative estimate of drug-likeness (QED) is 0.812. The molecule has 3 rings (SSSR count). The molecule has 0 aromatic heterocycles. The van der Waals surface area contributed by atoms with Crippen LogP contribution in [0.5, 0.6) is 0 Å². The number of benzene rings is 2. The first-order valence-corrected chi connectivity index (χ1v) is 9.47. The van der Waals surface area contributed by atoms with Crippen molar-refractivity contribution in [2.45, 2.75) is 26.0 Å². The number of carbonyl (C=O) groups excluding carboxylic acids is 1. The minimum Gasteiger partial charge on any atom is -0.376 e. The summed E-state index contributed by atoms with van der Waals surface area (Å²) in [7, 11) is 0. The lowest BCUT2D eigenvalue weighted by Gasteiger charge is -2.32. The summed E-state index contributed by atoms with van der Waals surface area (Å²) in [6.07, 6.45) is 1.98. The SMILES string of the molecule is O=C(NCc1ccc(Cl)cc1)N1CCC(COCc2ccccc2)CC1. The number of piperidine rings is 1. The van der Waals surface area contributed by atoms with E-state index in [1.807, 2.05) is 47.4 Å². The summed E-state index contributed by atoms with van der Waals surface area (Å²) in [6.45, 7) is 3.51. The normalized spacial score (nSPS) is 15.0. The van der Waals surface area contributed by atoms with Gasteiger partial charge in [-0.3, -0.25) is 0 Å². The molecule has 2 aromatic rings. The third kappa shape index (κ3) is 5.75. The maximum atomic E-state index is 12.3. The number of nitrogens with zero attached hydrogens (tertiary/aromatic N) is 1. The zero-order valence-electron chi connectivity index (χ0n) is 14.9. The monoisotopic (exact) mass is 372 g/mol. The van der Waals surface area contributed by atoms with Gasteiger partial charge in [0.1, 0.15) is 0 Å². The van der Waals surface area contributed by atoms with Gasteiger partial charge in [-0.1, -0.05) is 54.1 Å². The van der Waals surface area contributed by atoms with E-state index in [0.29, 0.717) is 24.1 Å². The van der Waals surface area contributed by atoms with Crippen molar-refractivity contribution in [1.82, 2.24) is 10.2 Å². The van der Waals surface area contributed by atoms with Gasteiger partial charge in [0.25, 0.3) is 0 Å². The summed E-state index contributed by atoms with van der Waals surface area (Å²) in [4.78, 5) is 14.2. The van der Waals surface area contributed by atoms with Crippen LogP contribution in [0, 0.1) is 5.92 Å². The number of likely N-dealkylation sites (tertiary alicyclic amines) is 1. The van der Waals surface area contributed by atoms with E-state index in [9.17, 15) is 4.79 Å². The molecule has 138 valence electrons. The molecule has 26 heavy (non-hydrogen) atoms. The Kier molecular flexibility index (Phi) is 6.92. The molecular weight excluding hydrogens is 348 g/mol. The molecule has 1 fully saturated rings. The smallest absolute Gasteiger partial charge is 0.317 e. The molecule has 0 spiro atoms. The van der Waals surface area contributed by atoms with E-state index in [4.69, 9.17) is 16.3 Å². The fourth-order valence-corrected chi connectivity index (χ4v) is 3.24. The Bertz CT molecular complexity index is 683. The van der Waals surface area contributed by atoms with E-state index in [-0.39, 0.29) is 6.03 Å². The van der Waals surface area contributed by atoms with Gasteiger partial charge in [0.2, 0.25) is 0 Å². The van der Waals surface area contributed by atoms with Crippen molar-refractivity contribution in [2.75, 3.05) is 19.7 Å². The number of carbonyl (C=O) groups is 1. The standard InChI is InChI=1S/C21H25ClN2O2/c22-20-8-6-17(7-9-20)14-23-21(25)24-12-10-19(11-13-24)16-26-15-18-4-2-1-3-5-18/h1-9,19H,10-16H2,(H,23,25). The van der Waals surface area contributed by atoms with Crippen LogP contribution < -0.4 is 5.32 Å². The number of urea groups is 1. The highest BCUT2D eigenvalue weighted by Gasteiger charge is 2.22. The van der Waals surface area contributed by atoms with E-state index in [2.05, 4.69) is 17.4 Å². The van der Waals surface area contributed by atoms with Gasteiger partial charge in [0.05, 0.1) is 6.61 Å². The summed E-state index contributed by atoms with van der Waals surface area (Å²) in [6, 6.07) is 17.8. The van der Waals surface area contributed by atoms with Crippen molar-refractivity contribution in [1.29, 1.82) is 0 Å². The topological polar surface area (TPSA) is 41.6 Å². The Hall–Kier alpha value is -2.04. The number of ether oxygens (including phenoxy) is 1. The van der Waals surface area contributed by atoms with Crippen LogP contribution in [0.3, 0.4) is 0 Å². The second-order valence-corrected chi connectivity index (χ2v) is 7.15. The molecule has 0 saturated carbocycles. The molecule has 1 N–H and O–H groups in total. The largest absolute Gasteiger partial charge is 0.376 e. The van der Waals surface area contributed by atoms with Crippen molar-refractivity contribution in [2.24, 2.45) is 5.92 Å². The second-order valence-electron chi connectivity index (χ2n) is 6.72. The third-order valence-electron chi connectivity index (χ3n) is 4.72. The van der Waals surface area contributed by atoms with Gasteiger partial charge in [0.15, 0.2) is 0 Å². The van der Waals surface area contributed by atoms with Crippen molar-refractivity contribution in [3.8, 4) is 0 Å². The van der Waals surface area contributed by atoms with E-state index in [1.165, 1.54) is 5.56 Å². The van der Waals surface area contributed by atoms with Gasteiger partial charge in [-0.25, -0.2) is 4.79 Å². The van der Waals surface area contributed by atoms with Crippen molar-refractivity contribution in [3.63, 3.8) is 0 Å². The summed E-state index contributed by atoms with van der Waals surface area (Å²) >= 11 is 5.87. The predicted molar refractivity (Wildman–Crippen MR) is 104 cm³/mol. The lowest BCUT2D eigenvalue weighted by Crippen LogP contribution is -2.44. The molecular formula is C21H25ClN2O2. The number of hydrogen-bond donors (Lipinski definition) is 1. The van der Waals surface area contributed by atoms with Crippen LogP contribution in [0.1, 0.15) is 24.0 Å². The Balaban J connectivity index is 1.33. The van der Waals surface area contributed by atoms with Gasteiger partial charge < -0.3 is 15.0 Å². The minimum atomic E-state index is 0.00334. The third-order valence-corrected chi connectivity index (χ3v) is 4.98. The molecule has 1 heterocycles. The highest BCUT2D eigenvalue weighted by Crippen LogP contribution is 2.18. The number of nitrogens with one attached hydrogen (secondary N) is 1. The zero-order valence-corrected chi connectivity index (χ0v) is 15.6. The molecule has 1 aliphatic rings. The Morgan fingerprint density at radius 1 is 1.04 bits per heavy atom. The highest BCUT2D eigenvalue weighted by atomic mass is 35.5. The number of halogens is 1. The van der Waals surface area contributed by atoms with Crippen LogP contribution in [0.2, 0.25) is 5.02 Å². The predicted octanol–water partition coefficient (Wildman–Crippen LogP) is 4.48. The van der Waals surface area contributed by atoms with Crippen LogP contribution in [-0.2, 0) is 17.9 Å². The molecule has 0 radical (unpaired) electrons. The summed E-state index contributed by atoms with van der Waals surface area (Å²) in [5.74, 6) is 0.527. The summed E-state index contributed by atoms with van der Waals surface area (Å²) in [5, 5.41) is 3.69. The number of hydrogen-bond acceptors (Lipinski definition) is 2. The van der Waals surface area contributed by atoms with Gasteiger partial charge in [-0.2, -0.15) is 0 Å². The van der Waals surface area contributed by atoms with Crippen molar-refractivity contribution in [3.05, 3.63) is 70.7 Å². The summed E-state index contributed by atoms with van der Waals surface area (Å²) < 4.78 is 5.84. The molecule has 2 aromatic carbocycles. The average Bonchev–Trinajstić information content (AvgIpc) is 2.69. The number of rotatable bonds is 6. The molecule has 5 heteroatoms. The lowest BCUT2D eigenvalue weighted by atomic mass is 9.98. The fourth-order valence-electron chi connectivity index (χ4n) is 3.11. The van der Waals surface area contributed by atoms with Crippen LogP contribution in [0.15, 0.2) is 54.6 Å². The first-order valence-electron chi connectivity index (χ1n) is 9.09. The molecule has 1 saturated heterocycles. The Labute approximate surface area is 160 Å². The molecule has 0 atom stereocenters. The fraction of sp³-hybridized carbons (Fsp3) is 0.381. The van der Waals surface area contributed by atoms with Crippen LogP contribution >= 0.6 is 11.6 Å². The maximum Gasteiger partial charge on any atom is 0.317 e. The molecule has 4 nitrogen and oxygen atoms in total. The maximum absolute atomic E-state index is 12.3. The van der Waals surface area contributed by atoms with Crippen molar-refractivity contribution < 1.29 is 9.53 Å². The van der Waals surface area contributed by atoms with E-state index >= 15 is 0 Å². The average molecular weight is 373 g/mol. The molecule has 2 amide bonds. The number of amides is 2. The van der Waals surface area contributed by atoms with Crippen LogP contribution in [0.4, 0.5) is 4.79 Å². The Morgan fingerprint density at radius 2 is 1.73 bits per heavy atom. The lowest BCUT2D eigenvalue weighted by molar-refractivity contribution is 0.0629. The summed E-state index contributed by atoms with van der Waals surface area (Å²) in [5.41, 5.74) is 2.25. The van der Waals surface area contributed by atoms with E-state index in [0.717, 1.165) is 38.1 Å². The second kappa shape index (κ2) is 9.60. The van der Waals surface area contributed by atoms with Crippen LogP contribution in [0.25, 0.3) is 0 Å². The van der Waals surface area contributed by atoms with Gasteiger partial charge in [-0.15, -0.1) is 0 Å². The van der Waals surface area contributed by atoms with Crippen LogP contribution in [-0.4, -0.2) is 30.6 Å². The molecule has 1 aliphatic heterocycles. The van der Waals surface area contributed by atoms with E-state index in [1.54, 1.807) is 0 Å². The Morgan fingerprint density at radius 3 is 2.42 bits per heavy atom. The first kappa shape index (κ1) is 18.7. The van der Waals surface area contributed by atoms with Gasteiger partial charge in [0, 0.05) is 31.3 Å². The van der Waals surface area contributed by atoms with Crippen molar-refractivity contribution >= 4 is 17.6 Å². The van der Waals surface area contributed by atoms with E-state index < -0.39 is 0 Å². The highest BCUT2D eigenvalue weighted by molar-refractivity contribution is 6.30. The van der Waals surface area contributed by atoms with Gasteiger partial charge >= 0.3 is 6.03 Å². The molecule has 0 aliphatic carbocycles. The first-order chi connectivity index (χ1) is 12.7. The van der Waals surface area contributed by atoms with Gasteiger partial charge in [-0.05, 0) is 42.0 Å².